The third-order valence-corrected chi connectivity index (χ3v) is 0.687. The van der Waals surface area contributed by atoms with Crippen molar-refractivity contribution in [3.05, 3.63) is 0 Å². The quantitative estimate of drug-likeness (QED) is 0.368. The summed E-state index contributed by atoms with van der Waals surface area (Å²) < 4.78 is 20.8. The van der Waals surface area contributed by atoms with Crippen LogP contribution >= 0.6 is 0 Å². The molecule has 1 atom stereocenters. The highest BCUT2D eigenvalue weighted by atomic mass is 32.2. The predicted octanol–water partition coefficient (Wildman–Crippen LogP) is -1.43. The van der Waals surface area contributed by atoms with Crippen molar-refractivity contribution in [2.75, 3.05) is 6.54 Å². The Morgan fingerprint density at radius 2 is 2.43 bits per heavy atom. The van der Waals surface area contributed by atoms with Crippen LogP contribution in [0.3, 0.4) is 0 Å². The second-order valence-corrected chi connectivity index (χ2v) is 1.51. The topological polar surface area (TPSA) is 69.2 Å². The minimum atomic E-state index is -2.30. The molecule has 0 radical (unpaired) electrons. The van der Waals surface area contributed by atoms with Crippen molar-refractivity contribution in [2.45, 2.75) is 0 Å². The van der Waals surface area contributed by atoms with Crippen LogP contribution in [0.5, 0.6) is 0 Å². The minimum Gasteiger partial charge on any atom is -0.760 e. The van der Waals surface area contributed by atoms with Crippen LogP contribution in [0, 0.1) is 0 Å². The van der Waals surface area contributed by atoms with E-state index in [0.29, 0.717) is 6.29 Å². The van der Waals surface area contributed by atoms with Crippen LogP contribution in [0.4, 0.5) is 0 Å². The van der Waals surface area contributed by atoms with Crippen LogP contribution in [0.1, 0.15) is 0 Å². The zero-order chi connectivity index (χ0) is 5.70. The van der Waals surface area contributed by atoms with Crippen molar-refractivity contribution in [3.63, 3.8) is 0 Å². The standard InChI is InChI=1S/C2H5NO3S/c4-2-1-3-7(5)6/h2-3H,1H2,(H,5,6)/p-1. The van der Waals surface area contributed by atoms with E-state index in [-0.39, 0.29) is 6.54 Å². The summed E-state index contributed by atoms with van der Waals surface area (Å²) in [7, 11) is 0. The van der Waals surface area contributed by atoms with Gasteiger partial charge in [0.2, 0.25) is 0 Å². The molecular formula is C2H4NO3S-. The summed E-state index contributed by atoms with van der Waals surface area (Å²) in [6.07, 6.45) is 0.468. The second-order valence-electron chi connectivity index (χ2n) is 0.750. The largest absolute Gasteiger partial charge is 0.760 e. The molecule has 5 heteroatoms. The number of hydrogen-bond acceptors (Lipinski definition) is 3. The van der Waals surface area contributed by atoms with E-state index >= 15 is 0 Å². The van der Waals surface area contributed by atoms with E-state index in [4.69, 9.17) is 0 Å². The van der Waals surface area contributed by atoms with Crippen LogP contribution in [0.15, 0.2) is 0 Å². The zero-order valence-corrected chi connectivity index (χ0v) is 4.23. The Bertz CT molecular complexity index is 83.0. The lowest BCUT2D eigenvalue weighted by molar-refractivity contribution is -0.106. The Hall–Kier alpha value is -0.260. The van der Waals surface area contributed by atoms with Gasteiger partial charge in [0.15, 0.2) is 0 Å². The van der Waals surface area contributed by atoms with Crippen molar-refractivity contribution in [3.8, 4) is 0 Å². The van der Waals surface area contributed by atoms with Crippen molar-refractivity contribution < 1.29 is 13.6 Å². The van der Waals surface area contributed by atoms with Crippen molar-refractivity contribution >= 4 is 17.6 Å². The highest BCUT2D eigenvalue weighted by molar-refractivity contribution is 7.77. The second kappa shape index (κ2) is 3.91. The van der Waals surface area contributed by atoms with E-state index < -0.39 is 11.3 Å². The molecule has 0 saturated carbocycles. The van der Waals surface area contributed by atoms with Gasteiger partial charge in [0.25, 0.3) is 0 Å². The maximum Gasteiger partial charge on any atom is 0.134 e. The molecule has 0 fully saturated rings. The van der Waals surface area contributed by atoms with E-state index in [1.165, 1.54) is 0 Å². The summed E-state index contributed by atoms with van der Waals surface area (Å²) >= 11 is -2.30. The number of hydrogen-bond donors (Lipinski definition) is 1. The van der Waals surface area contributed by atoms with Crippen molar-refractivity contribution in [1.29, 1.82) is 0 Å². The van der Waals surface area contributed by atoms with Crippen LogP contribution in [-0.2, 0) is 16.1 Å². The molecule has 0 aromatic heterocycles. The molecule has 0 amide bonds. The molecule has 0 aliphatic rings. The Balaban J connectivity index is 2.97. The number of carbonyl (C=O) groups excluding carboxylic acids is 1. The SMILES string of the molecule is O=CCNS(=O)[O-]. The molecule has 1 N–H and O–H groups in total. The van der Waals surface area contributed by atoms with Gasteiger partial charge < -0.3 is 9.35 Å². The summed E-state index contributed by atoms with van der Waals surface area (Å²) in [6.45, 7) is -0.143. The highest BCUT2D eigenvalue weighted by Gasteiger charge is 1.75. The molecule has 0 heterocycles. The molecule has 0 saturated heterocycles. The van der Waals surface area contributed by atoms with Crippen LogP contribution in [0.25, 0.3) is 0 Å². The lowest BCUT2D eigenvalue weighted by Gasteiger charge is -1.99. The maximum atomic E-state index is 9.49. The monoisotopic (exact) mass is 122 g/mol. The average molecular weight is 122 g/mol. The summed E-state index contributed by atoms with van der Waals surface area (Å²) in [5, 5.41) is 0. The molecule has 0 aliphatic heterocycles. The van der Waals surface area contributed by atoms with Gasteiger partial charge in [0, 0.05) is 11.3 Å². The first-order chi connectivity index (χ1) is 3.27. The van der Waals surface area contributed by atoms with Gasteiger partial charge in [-0.25, -0.2) is 4.72 Å². The third kappa shape index (κ3) is 5.74. The van der Waals surface area contributed by atoms with Crippen LogP contribution in [0.2, 0.25) is 0 Å². The average Bonchev–Trinajstić information content (AvgIpc) is 1.61. The van der Waals surface area contributed by atoms with Gasteiger partial charge in [-0.1, -0.05) is 0 Å². The lowest BCUT2D eigenvalue weighted by Crippen LogP contribution is -2.18. The fourth-order valence-corrected chi connectivity index (χ4v) is 0.306. The smallest absolute Gasteiger partial charge is 0.134 e. The summed E-state index contributed by atoms with van der Waals surface area (Å²) in [6, 6.07) is 0. The molecule has 0 spiro atoms. The molecular weight excluding hydrogens is 118 g/mol. The molecule has 42 valence electrons. The van der Waals surface area contributed by atoms with E-state index in [0.717, 1.165) is 0 Å². The van der Waals surface area contributed by atoms with Gasteiger partial charge in [0.1, 0.15) is 6.29 Å². The molecule has 1 unspecified atom stereocenters. The van der Waals surface area contributed by atoms with Crippen molar-refractivity contribution in [1.82, 2.24) is 4.72 Å². The van der Waals surface area contributed by atoms with E-state index in [9.17, 15) is 13.6 Å². The summed E-state index contributed by atoms with van der Waals surface area (Å²) in [5.41, 5.74) is 0. The molecule has 0 aromatic carbocycles. The lowest BCUT2D eigenvalue weighted by atomic mass is 10.8. The summed E-state index contributed by atoms with van der Waals surface area (Å²) in [5.74, 6) is 0. The van der Waals surface area contributed by atoms with Crippen molar-refractivity contribution in [2.24, 2.45) is 0 Å². The molecule has 4 nitrogen and oxygen atoms in total. The third-order valence-electron chi connectivity index (χ3n) is 0.285. The van der Waals surface area contributed by atoms with Gasteiger partial charge >= 0.3 is 0 Å². The first-order valence-corrected chi connectivity index (χ1v) is 2.61. The van der Waals surface area contributed by atoms with Gasteiger partial charge in [-0.2, -0.15) is 0 Å². The molecule has 0 aliphatic carbocycles. The minimum absolute atomic E-state index is 0.143. The normalized spacial score (nSPS) is 13.3. The Labute approximate surface area is 43.3 Å². The fourth-order valence-electron chi connectivity index (χ4n) is 0.102. The first kappa shape index (κ1) is 6.74. The zero-order valence-electron chi connectivity index (χ0n) is 3.42. The van der Waals surface area contributed by atoms with Crippen LogP contribution < -0.4 is 4.72 Å². The van der Waals surface area contributed by atoms with Gasteiger partial charge in [-0.05, 0) is 0 Å². The fraction of sp³-hybridized carbons (Fsp3) is 0.500. The Kier molecular flexibility index (Phi) is 3.77. The Morgan fingerprint density at radius 1 is 1.86 bits per heavy atom. The molecule has 7 heavy (non-hydrogen) atoms. The molecule has 0 bridgehead atoms. The van der Waals surface area contributed by atoms with Gasteiger partial charge in [-0.3, -0.25) is 4.21 Å². The summed E-state index contributed by atoms with van der Waals surface area (Å²) in [4.78, 5) is 9.37. The van der Waals surface area contributed by atoms with E-state index in [2.05, 4.69) is 0 Å². The maximum absolute atomic E-state index is 9.49. The first-order valence-electron chi connectivity index (χ1n) is 1.53. The molecule has 0 aromatic rings. The Morgan fingerprint density at radius 3 is 2.57 bits per heavy atom. The van der Waals surface area contributed by atoms with E-state index in [1.54, 1.807) is 0 Å². The predicted molar refractivity (Wildman–Crippen MR) is 23.0 cm³/mol. The number of carbonyl (C=O) groups is 1. The highest BCUT2D eigenvalue weighted by Crippen LogP contribution is 1.55. The van der Waals surface area contributed by atoms with Gasteiger partial charge in [0.05, 0.1) is 6.54 Å². The van der Waals surface area contributed by atoms with Gasteiger partial charge in [-0.15, -0.1) is 0 Å². The number of rotatable bonds is 3. The number of nitrogens with one attached hydrogen (secondary N) is 1. The van der Waals surface area contributed by atoms with Crippen LogP contribution in [-0.4, -0.2) is 21.6 Å². The number of aldehydes is 1. The molecule has 0 rings (SSSR count). The van der Waals surface area contributed by atoms with E-state index in [1.807, 2.05) is 4.72 Å².